The average Bonchev–Trinajstić information content (AvgIpc) is 3.09. The molecular weight excluding hydrogens is 404 g/mol. The first-order valence-electron chi connectivity index (χ1n) is 11.2. The molecule has 2 aliphatic rings. The number of imide groups is 1. The van der Waals surface area contributed by atoms with E-state index in [4.69, 9.17) is 4.74 Å². The Morgan fingerprint density at radius 1 is 1.03 bits per heavy atom. The van der Waals surface area contributed by atoms with Crippen molar-refractivity contribution in [1.29, 1.82) is 0 Å². The van der Waals surface area contributed by atoms with Gasteiger partial charge in [-0.25, -0.2) is 4.90 Å². The Morgan fingerprint density at radius 2 is 1.72 bits per heavy atom. The molecule has 2 heterocycles. The van der Waals surface area contributed by atoms with Gasteiger partial charge in [0.05, 0.1) is 18.4 Å². The predicted molar refractivity (Wildman–Crippen MR) is 124 cm³/mol. The second-order valence-corrected chi connectivity index (χ2v) is 8.78. The van der Waals surface area contributed by atoms with Crippen LogP contribution in [0.2, 0.25) is 0 Å². The summed E-state index contributed by atoms with van der Waals surface area (Å²) >= 11 is 0. The topological polar surface area (TPSA) is 70.1 Å². The van der Waals surface area contributed by atoms with Gasteiger partial charge in [-0.15, -0.1) is 0 Å². The average molecular weight is 435 g/mol. The number of aliphatic hydroxyl groups excluding tert-OH is 1. The molecule has 2 aliphatic heterocycles. The van der Waals surface area contributed by atoms with Gasteiger partial charge in [0.2, 0.25) is 0 Å². The lowest BCUT2D eigenvalue weighted by molar-refractivity contribution is -0.120. The lowest BCUT2D eigenvalue weighted by atomic mass is 9.97. The Labute approximate surface area is 189 Å². The van der Waals surface area contributed by atoms with Gasteiger partial charge in [0, 0.05) is 19.7 Å². The summed E-state index contributed by atoms with van der Waals surface area (Å²) in [6.07, 6.45) is 1.79. The predicted octanol–water partition coefficient (Wildman–Crippen LogP) is 3.81. The molecule has 6 heteroatoms. The molecule has 1 N–H and O–H groups in total. The van der Waals surface area contributed by atoms with Crippen LogP contribution >= 0.6 is 0 Å². The number of hydrogen-bond donors (Lipinski definition) is 1. The van der Waals surface area contributed by atoms with Crippen molar-refractivity contribution < 1.29 is 19.4 Å². The Kier molecular flexibility index (Phi) is 6.33. The zero-order chi connectivity index (χ0) is 22.8. The number of aliphatic hydroxyl groups is 1. The Balaban J connectivity index is 1.77. The van der Waals surface area contributed by atoms with Gasteiger partial charge in [0.15, 0.2) is 0 Å². The molecule has 2 amide bonds. The van der Waals surface area contributed by atoms with Crippen LogP contribution in [-0.4, -0.2) is 48.6 Å². The highest BCUT2D eigenvalue weighted by Crippen LogP contribution is 2.37. The fraction of sp³-hybridized carbons (Fsp3) is 0.385. The first kappa shape index (κ1) is 22.1. The highest BCUT2D eigenvalue weighted by molar-refractivity contribution is 6.45. The number of rotatable bonds is 6. The van der Waals surface area contributed by atoms with Gasteiger partial charge in [-0.3, -0.25) is 9.59 Å². The van der Waals surface area contributed by atoms with Gasteiger partial charge < -0.3 is 14.7 Å². The van der Waals surface area contributed by atoms with E-state index in [9.17, 15) is 14.7 Å². The summed E-state index contributed by atoms with van der Waals surface area (Å²) in [5.74, 6) is 0.513. The minimum atomic E-state index is -0.321. The minimum absolute atomic E-state index is 0.0736. The third-order valence-electron chi connectivity index (χ3n) is 6.35. The van der Waals surface area contributed by atoms with E-state index in [1.165, 1.54) is 4.90 Å². The molecular formula is C26H30N2O4. The largest absolute Gasteiger partial charge is 0.497 e. The van der Waals surface area contributed by atoms with Gasteiger partial charge in [0.1, 0.15) is 11.4 Å². The lowest BCUT2D eigenvalue weighted by Crippen LogP contribution is -2.40. The molecule has 1 unspecified atom stereocenters. The molecule has 168 valence electrons. The molecule has 32 heavy (non-hydrogen) atoms. The fourth-order valence-corrected chi connectivity index (χ4v) is 4.49. The number of nitrogens with zero attached hydrogens (tertiary/aromatic N) is 2. The molecule has 4 rings (SSSR count). The number of methoxy groups -OCH3 is 1. The quantitative estimate of drug-likeness (QED) is 0.700. The Hall–Kier alpha value is -3.12. The van der Waals surface area contributed by atoms with Crippen LogP contribution in [-0.2, 0) is 9.59 Å². The highest BCUT2D eigenvalue weighted by atomic mass is 16.5. The zero-order valence-corrected chi connectivity index (χ0v) is 18.9. The number of hydrogen-bond acceptors (Lipinski definition) is 5. The van der Waals surface area contributed by atoms with Crippen molar-refractivity contribution in [2.24, 2.45) is 5.92 Å². The van der Waals surface area contributed by atoms with Gasteiger partial charge in [-0.05, 0) is 60.1 Å². The fourth-order valence-electron chi connectivity index (χ4n) is 4.49. The normalized spacial score (nSPS) is 19.3. The number of likely N-dealkylation sites (tertiary alicyclic amines) is 1. The molecule has 2 aromatic rings. The molecule has 1 saturated heterocycles. The second-order valence-electron chi connectivity index (χ2n) is 8.78. The molecule has 0 radical (unpaired) electrons. The maximum absolute atomic E-state index is 13.7. The van der Waals surface area contributed by atoms with E-state index in [0.717, 1.165) is 18.4 Å². The Bertz CT molecular complexity index is 1020. The molecule has 0 aromatic heterocycles. The van der Waals surface area contributed by atoms with Crippen LogP contribution in [0.25, 0.3) is 5.57 Å². The first-order valence-corrected chi connectivity index (χ1v) is 11.2. The van der Waals surface area contributed by atoms with E-state index in [2.05, 4.69) is 13.8 Å². The van der Waals surface area contributed by atoms with Crippen LogP contribution in [0.15, 0.2) is 54.2 Å². The van der Waals surface area contributed by atoms with Crippen LogP contribution in [0.4, 0.5) is 5.69 Å². The number of carbonyl (C=O) groups is 2. The summed E-state index contributed by atoms with van der Waals surface area (Å²) in [5, 5.41) is 9.69. The molecule has 2 aromatic carbocycles. The second kappa shape index (κ2) is 9.17. The lowest BCUT2D eigenvalue weighted by Gasteiger charge is -2.34. The van der Waals surface area contributed by atoms with Gasteiger partial charge in [0.25, 0.3) is 11.8 Å². The van der Waals surface area contributed by atoms with Crippen molar-refractivity contribution in [3.05, 3.63) is 65.4 Å². The van der Waals surface area contributed by atoms with E-state index in [1.807, 2.05) is 41.3 Å². The summed E-state index contributed by atoms with van der Waals surface area (Å²) in [7, 11) is 1.59. The molecule has 0 saturated carbocycles. The maximum Gasteiger partial charge on any atom is 0.282 e. The van der Waals surface area contributed by atoms with Crippen molar-refractivity contribution >= 4 is 23.1 Å². The summed E-state index contributed by atoms with van der Waals surface area (Å²) in [5.41, 5.74) is 3.24. The summed E-state index contributed by atoms with van der Waals surface area (Å²) < 4.78 is 5.26. The van der Waals surface area contributed by atoms with Gasteiger partial charge >= 0.3 is 0 Å². The third kappa shape index (κ3) is 4.02. The standard InChI is InChI=1S/C26H30N2O4/c1-17(2)19-6-10-21(11-7-19)28-25(30)23(20-8-12-22(32-3)13-9-20)24(26(28)31)27-14-4-5-18(15-27)16-29/h6-13,17-18,29H,4-5,14-16H2,1-3H3. The van der Waals surface area contributed by atoms with Crippen LogP contribution in [0.1, 0.15) is 43.7 Å². The monoisotopic (exact) mass is 434 g/mol. The maximum atomic E-state index is 13.7. The van der Waals surface area contributed by atoms with Gasteiger partial charge in [-0.1, -0.05) is 38.1 Å². The minimum Gasteiger partial charge on any atom is -0.497 e. The number of ether oxygens (including phenoxy) is 1. The van der Waals surface area contributed by atoms with Crippen LogP contribution < -0.4 is 9.64 Å². The summed E-state index contributed by atoms with van der Waals surface area (Å²) in [6.45, 7) is 5.53. The molecule has 0 aliphatic carbocycles. The van der Waals surface area contributed by atoms with Crippen LogP contribution in [0.5, 0.6) is 5.75 Å². The van der Waals surface area contributed by atoms with E-state index < -0.39 is 0 Å². The molecule has 1 atom stereocenters. The van der Waals surface area contributed by atoms with Crippen LogP contribution in [0.3, 0.4) is 0 Å². The number of anilines is 1. The van der Waals surface area contributed by atoms with E-state index in [0.29, 0.717) is 47.3 Å². The zero-order valence-electron chi connectivity index (χ0n) is 18.9. The van der Waals surface area contributed by atoms with Crippen molar-refractivity contribution in [1.82, 2.24) is 4.90 Å². The first-order chi connectivity index (χ1) is 15.4. The highest BCUT2D eigenvalue weighted by Gasteiger charge is 2.43. The molecule has 6 nitrogen and oxygen atoms in total. The van der Waals surface area contributed by atoms with E-state index in [1.54, 1.807) is 19.2 Å². The van der Waals surface area contributed by atoms with Gasteiger partial charge in [-0.2, -0.15) is 0 Å². The van der Waals surface area contributed by atoms with E-state index in [-0.39, 0.29) is 24.3 Å². The van der Waals surface area contributed by atoms with Crippen molar-refractivity contribution in [3.63, 3.8) is 0 Å². The van der Waals surface area contributed by atoms with Crippen molar-refractivity contribution in [2.75, 3.05) is 31.7 Å². The summed E-state index contributed by atoms with van der Waals surface area (Å²) in [6, 6.07) is 14.8. The van der Waals surface area contributed by atoms with Crippen molar-refractivity contribution in [2.45, 2.75) is 32.6 Å². The van der Waals surface area contributed by atoms with E-state index >= 15 is 0 Å². The molecule has 1 fully saturated rings. The number of amides is 2. The SMILES string of the molecule is COc1ccc(C2=C(N3CCCC(CO)C3)C(=O)N(c3ccc(C(C)C)cc3)C2=O)cc1. The number of benzene rings is 2. The molecule has 0 spiro atoms. The van der Waals surface area contributed by atoms with Crippen LogP contribution in [0, 0.1) is 5.92 Å². The number of carbonyl (C=O) groups excluding carboxylic acids is 2. The smallest absolute Gasteiger partial charge is 0.282 e. The summed E-state index contributed by atoms with van der Waals surface area (Å²) in [4.78, 5) is 30.5. The number of piperidine rings is 1. The Morgan fingerprint density at radius 3 is 2.31 bits per heavy atom. The third-order valence-corrected chi connectivity index (χ3v) is 6.35. The molecule has 0 bridgehead atoms. The van der Waals surface area contributed by atoms with Crippen molar-refractivity contribution in [3.8, 4) is 5.75 Å².